The topological polar surface area (TPSA) is 51.7 Å². The quantitative estimate of drug-likeness (QED) is 0.857. The molecule has 1 aromatic carbocycles. The number of hydrogen-bond acceptors (Lipinski definition) is 4. The standard InChI is InChI=1S/C20H24N2O3/c1-13-11-21-17(14(2)19(13)24-4)12-22(3)20(23)16-9-10-25-18-8-6-5-7-15(16)18/h5-8,11,16H,9-10,12H2,1-4H3. The monoisotopic (exact) mass is 340 g/mol. The second-order valence-corrected chi connectivity index (χ2v) is 6.47. The van der Waals surface area contributed by atoms with Crippen LogP contribution in [0.25, 0.3) is 0 Å². The number of fused-ring (bicyclic) bond motifs is 1. The van der Waals surface area contributed by atoms with Crippen LogP contribution in [0.4, 0.5) is 0 Å². The molecule has 2 aromatic rings. The third-order valence-electron chi connectivity index (χ3n) is 4.77. The molecule has 1 atom stereocenters. The summed E-state index contributed by atoms with van der Waals surface area (Å²) >= 11 is 0. The number of carbonyl (C=O) groups is 1. The summed E-state index contributed by atoms with van der Waals surface area (Å²) < 4.78 is 11.1. The van der Waals surface area contributed by atoms with Gasteiger partial charge in [-0.1, -0.05) is 18.2 Å². The first kappa shape index (κ1) is 17.3. The number of hydrogen-bond donors (Lipinski definition) is 0. The fraction of sp³-hybridized carbons (Fsp3) is 0.400. The molecule has 0 saturated carbocycles. The van der Waals surface area contributed by atoms with Crippen LogP contribution in [-0.4, -0.2) is 36.6 Å². The number of likely N-dealkylation sites (N-methyl/N-ethyl adjacent to an activating group) is 1. The van der Waals surface area contributed by atoms with E-state index in [0.29, 0.717) is 19.6 Å². The van der Waals surface area contributed by atoms with Gasteiger partial charge in [-0.2, -0.15) is 0 Å². The minimum atomic E-state index is -0.164. The Kier molecular flexibility index (Phi) is 4.93. The van der Waals surface area contributed by atoms with E-state index >= 15 is 0 Å². The smallest absolute Gasteiger partial charge is 0.230 e. The number of ether oxygens (including phenoxy) is 2. The van der Waals surface area contributed by atoms with Crippen LogP contribution in [0.2, 0.25) is 0 Å². The Balaban J connectivity index is 1.81. The third-order valence-corrected chi connectivity index (χ3v) is 4.77. The van der Waals surface area contributed by atoms with Crippen molar-refractivity contribution in [1.82, 2.24) is 9.88 Å². The van der Waals surface area contributed by atoms with E-state index in [1.165, 1.54) is 0 Å². The van der Waals surface area contributed by atoms with Crippen LogP contribution in [0.3, 0.4) is 0 Å². The fourth-order valence-corrected chi connectivity index (χ4v) is 3.40. The van der Waals surface area contributed by atoms with Crippen molar-refractivity contribution >= 4 is 5.91 Å². The van der Waals surface area contributed by atoms with E-state index in [9.17, 15) is 4.79 Å². The number of methoxy groups -OCH3 is 1. The normalized spacial score (nSPS) is 15.9. The number of benzene rings is 1. The highest BCUT2D eigenvalue weighted by molar-refractivity contribution is 5.84. The number of pyridine rings is 1. The lowest BCUT2D eigenvalue weighted by Gasteiger charge is -2.29. The summed E-state index contributed by atoms with van der Waals surface area (Å²) in [5.74, 6) is 1.58. The number of aromatic nitrogens is 1. The fourth-order valence-electron chi connectivity index (χ4n) is 3.40. The summed E-state index contributed by atoms with van der Waals surface area (Å²) in [4.78, 5) is 19.3. The van der Waals surface area contributed by atoms with E-state index in [2.05, 4.69) is 4.98 Å². The van der Waals surface area contributed by atoms with E-state index in [0.717, 1.165) is 33.9 Å². The van der Waals surface area contributed by atoms with Gasteiger partial charge in [-0.05, 0) is 26.3 Å². The predicted octanol–water partition coefficient (Wildman–Crippen LogP) is 3.23. The highest BCUT2D eigenvalue weighted by atomic mass is 16.5. The second-order valence-electron chi connectivity index (χ2n) is 6.47. The average Bonchev–Trinajstić information content (AvgIpc) is 2.63. The summed E-state index contributed by atoms with van der Waals surface area (Å²) in [5.41, 5.74) is 3.81. The molecule has 0 aliphatic carbocycles. The lowest BCUT2D eigenvalue weighted by molar-refractivity contribution is -0.132. The Hall–Kier alpha value is -2.56. The van der Waals surface area contributed by atoms with Gasteiger partial charge in [0.25, 0.3) is 0 Å². The lowest BCUT2D eigenvalue weighted by atomic mass is 9.92. The Morgan fingerprint density at radius 2 is 2.12 bits per heavy atom. The van der Waals surface area contributed by atoms with Gasteiger partial charge in [-0.3, -0.25) is 9.78 Å². The maximum atomic E-state index is 13.0. The summed E-state index contributed by atoms with van der Waals surface area (Å²) in [6.07, 6.45) is 2.49. The first-order valence-corrected chi connectivity index (χ1v) is 8.48. The number of aryl methyl sites for hydroxylation is 1. The van der Waals surface area contributed by atoms with Gasteiger partial charge in [0.05, 0.1) is 31.9 Å². The molecule has 1 unspecified atom stereocenters. The SMILES string of the molecule is COc1c(C)cnc(CN(C)C(=O)C2CCOc3ccccc32)c1C. The van der Waals surface area contributed by atoms with Crippen LogP contribution < -0.4 is 9.47 Å². The van der Waals surface area contributed by atoms with Crippen molar-refractivity contribution < 1.29 is 14.3 Å². The molecule has 25 heavy (non-hydrogen) atoms. The molecule has 0 saturated heterocycles. The van der Waals surface area contributed by atoms with Crippen LogP contribution in [-0.2, 0) is 11.3 Å². The second kappa shape index (κ2) is 7.13. The van der Waals surface area contributed by atoms with E-state index in [4.69, 9.17) is 9.47 Å². The van der Waals surface area contributed by atoms with Crippen LogP contribution in [0.15, 0.2) is 30.5 Å². The summed E-state index contributed by atoms with van der Waals surface area (Å²) in [6, 6.07) is 7.78. The number of nitrogens with zero attached hydrogens (tertiary/aromatic N) is 2. The summed E-state index contributed by atoms with van der Waals surface area (Å²) in [7, 11) is 3.49. The highest BCUT2D eigenvalue weighted by Crippen LogP contribution is 2.34. The van der Waals surface area contributed by atoms with Gasteiger partial charge < -0.3 is 14.4 Å². The van der Waals surface area contributed by atoms with Gasteiger partial charge in [-0.15, -0.1) is 0 Å². The van der Waals surface area contributed by atoms with Crippen molar-refractivity contribution in [3.05, 3.63) is 52.8 Å². The molecule has 2 heterocycles. The molecule has 0 bridgehead atoms. The summed E-state index contributed by atoms with van der Waals surface area (Å²) in [6.45, 7) is 4.98. The zero-order valence-corrected chi connectivity index (χ0v) is 15.2. The maximum absolute atomic E-state index is 13.0. The molecule has 1 aromatic heterocycles. The highest BCUT2D eigenvalue weighted by Gasteiger charge is 2.30. The molecule has 1 aliphatic heterocycles. The summed E-state index contributed by atoms with van der Waals surface area (Å²) in [5, 5.41) is 0. The van der Waals surface area contributed by atoms with Crippen LogP contribution in [0, 0.1) is 13.8 Å². The molecule has 1 aliphatic rings. The van der Waals surface area contributed by atoms with E-state index in [1.807, 2.05) is 45.2 Å². The Labute approximate surface area is 148 Å². The molecule has 5 heteroatoms. The molecule has 132 valence electrons. The van der Waals surface area contributed by atoms with Crippen molar-refractivity contribution in [1.29, 1.82) is 0 Å². The van der Waals surface area contributed by atoms with E-state index < -0.39 is 0 Å². The molecule has 5 nitrogen and oxygen atoms in total. The zero-order chi connectivity index (χ0) is 18.0. The predicted molar refractivity (Wildman–Crippen MR) is 96.0 cm³/mol. The van der Waals surface area contributed by atoms with Crippen LogP contribution in [0.5, 0.6) is 11.5 Å². The first-order valence-electron chi connectivity index (χ1n) is 8.48. The van der Waals surface area contributed by atoms with Gasteiger partial charge in [0.2, 0.25) is 5.91 Å². The molecule has 3 rings (SSSR count). The molecular weight excluding hydrogens is 316 g/mol. The van der Waals surface area contributed by atoms with Gasteiger partial charge in [-0.25, -0.2) is 0 Å². The Bertz CT molecular complexity index is 789. The molecule has 0 N–H and O–H groups in total. The molecule has 0 fully saturated rings. The average molecular weight is 340 g/mol. The number of para-hydroxylation sites is 1. The zero-order valence-electron chi connectivity index (χ0n) is 15.2. The molecule has 0 radical (unpaired) electrons. The number of rotatable bonds is 4. The Morgan fingerprint density at radius 1 is 1.36 bits per heavy atom. The lowest BCUT2D eigenvalue weighted by Crippen LogP contribution is -2.34. The minimum Gasteiger partial charge on any atom is -0.496 e. The van der Waals surface area contributed by atoms with Gasteiger partial charge in [0.1, 0.15) is 11.5 Å². The van der Waals surface area contributed by atoms with Crippen molar-refractivity contribution in [2.75, 3.05) is 20.8 Å². The number of carbonyl (C=O) groups excluding carboxylic acids is 1. The largest absolute Gasteiger partial charge is 0.496 e. The van der Waals surface area contributed by atoms with E-state index in [-0.39, 0.29) is 11.8 Å². The first-order chi connectivity index (χ1) is 12.0. The van der Waals surface area contributed by atoms with E-state index in [1.54, 1.807) is 18.2 Å². The van der Waals surface area contributed by atoms with Crippen LogP contribution in [0.1, 0.15) is 34.7 Å². The third kappa shape index (κ3) is 3.31. The van der Waals surface area contributed by atoms with Gasteiger partial charge in [0.15, 0.2) is 0 Å². The van der Waals surface area contributed by atoms with Crippen LogP contribution >= 0.6 is 0 Å². The Morgan fingerprint density at radius 3 is 2.88 bits per heavy atom. The van der Waals surface area contributed by atoms with Gasteiger partial charge >= 0.3 is 0 Å². The molecule has 1 amide bonds. The maximum Gasteiger partial charge on any atom is 0.230 e. The molecule has 0 spiro atoms. The van der Waals surface area contributed by atoms with Crippen molar-refractivity contribution in [2.45, 2.75) is 32.7 Å². The van der Waals surface area contributed by atoms with Crippen molar-refractivity contribution in [3.8, 4) is 11.5 Å². The number of amides is 1. The molecular formula is C20H24N2O3. The van der Waals surface area contributed by atoms with Crippen molar-refractivity contribution in [2.24, 2.45) is 0 Å². The minimum absolute atomic E-state index is 0.0940. The van der Waals surface area contributed by atoms with Crippen molar-refractivity contribution in [3.63, 3.8) is 0 Å². The van der Waals surface area contributed by atoms with Gasteiger partial charge in [0, 0.05) is 29.9 Å².